The van der Waals surface area contributed by atoms with Crippen LogP contribution in [0, 0.1) is 5.82 Å². The quantitative estimate of drug-likeness (QED) is 0.582. The van der Waals surface area contributed by atoms with Gasteiger partial charge in [-0.05, 0) is 24.5 Å². The molecule has 0 saturated heterocycles. The SMILES string of the molecule is C=CCC[C@@H](NC(=O)[C@H](Cc1ccccc1F)NC(C)=O)C(N)=O. The molecule has 130 valence electrons. The van der Waals surface area contributed by atoms with E-state index >= 15 is 0 Å². The van der Waals surface area contributed by atoms with Crippen LogP contribution < -0.4 is 16.4 Å². The summed E-state index contributed by atoms with van der Waals surface area (Å²) in [5, 5.41) is 4.96. The van der Waals surface area contributed by atoms with E-state index in [9.17, 15) is 18.8 Å². The monoisotopic (exact) mass is 335 g/mol. The average Bonchev–Trinajstić information content (AvgIpc) is 2.51. The minimum absolute atomic E-state index is 0.0367. The maximum atomic E-state index is 13.8. The number of rotatable bonds is 9. The Hall–Kier alpha value is -2.70. The summed E-state index contributed by atoms with van der Waals surface area (Å²) in [6.45, 7) is 4.80. The highest BCUT2D eigenvalue weighted by Gasteiger charge is 2.25. The number of nitrogens with one attached hydrogen (secondary N) is 2. The van der Waals surface area contributed by atoms with Crippen molar-refractivity contribution in [1.29, 1.82) is 0 Å². The third-order valence-corrected chi connectivity index (χ3v) is 3.40. The van der Waals surface area contributed by atoms with E-state index in [-0.39, 0.29) is 12.0 Å². The molecule has 0 saturated carbocycles. The lowest BCUT2D eigenvalue weighted by molar-refractivity contribution is -0.130. The smallest absolute Gasteiger partial charge is 0.243 e. The van der Waals surface area contributed by atoms with Gasteiger partial charge in [-0.3, -0.25) is 14.4 Å². The molecular formula is C17H22FN3O3. The number of hydrogen-bond acceptors (Lipinski definition) is 3. The Morgan fingerprint density at radius 2 is 1.92 bits per heavy atom. The molecule has 0 aliphatic rings. The summed E-state index contributed by atoms with van der Waals surface area (Å²) in [7, 11) is 0. The summed E-state index contributed by atoms with van der Waals surface area (Å²) in [5.74, 6) is -2.19. The summed E-state index contributed by atoms with van der Waals surface area (Å²) < 4.78 is 13.8. The van der Waals surface area contributed by atoms with E-state index in [2.05, 4.69) is 17.2 Å². The van der Waals surface area contributed by atoms with Gasteiger partial charge in [0, 0.05) is 13.3 Å². The minimum Gasteiger partial charge on any atom is -0.368 e. The van der Waals surface area contributed by atoms with Crippen LogP contribution in [-0.2, 0) is 20.8 Å². The first-order valence-corrected chi connectivity index (χ1v) is 7.56. The number of halogens is 1. The fraction of sp³-hybridized carbons (Fsp3) is 0.353. The fourth-order valence-corrected chi connectivity index (χ4v) is 2.18. The van der Waals surface area contributed by atoms with Gasteiger partial charge in [0.25, 0.3) is 0 Å². The lowest BCUT2D eigenvalue weighted by Gasteiger charge is -2.21. The highest BCUT2D eigenvalue weighted by atomic mass is 19.1. The number of allylic oxidation sites excluding steroid dienone is 1. The second-order valence-electron chi connectivity index (χ2n) is 5.38. The molecule has 6 nitrogen and oxygen atoms in total. The number of amides is 3. The second kappa shape index (κ2) is 9.44. The van der Waals surface area contributed by atoms with Gasteiger partial charge in [-0.15, -0.1) is 6.58 Å². The van der Waals surface area contributed by atoms with Gasteiger partial charge in [0.1, 0.15) is 17.9 Å². The van der Waals surface area contributed by atoms with E-state index in [1.807, 2.05) is 0 Å². The topological polar surface area (TPSA) is 101 Å². The van der Waals surface area contributed by atoms with Crippen LogP contribution in [0.15, 0.2) is 36.9 Å². The maximum absolute atomic E-state index is 13.8. The maximum Gasteiger partial charge on any atom is 0.243 e. The zero-order valence-electron chi connectivity index (χ0n) is 13.5. The van der Waals surface area contributed by atoms with Gasteiger partial charge in [-0.1, -0.05) is 24.3 Å². The molecule has 0 aliphatic heterocycles. The van der Waals surface area contributed by atoms with Crippen LogP contribution in [0.5, 0.6) is 0 Å². The van der Waals surface area contributed by atoms with Crippen LogP contribution in [0.4, 0.5) is 4.39 Å². The Bertz CT molecular complexity index is 619. The summed E-state index contributed by atoms with van der Waals surface area (Å²) in [5.41, 5.74) is 5.55. The van der Waals surface area contributed by atoms with Gasteiger partial charge in [0.2, 0.25) is 17.7 Å². The Morgan fingerprint density at radius 3 is 2.46 bits per heavy atom. The largest absolute Gasteiger partial charge is 0.368 e. The van der Waals surface area contributed by atoms with E-state index in [4.69, 9.17) is 5.73 Å². The van der Waals surface area contributed by atoms with Crippen molar-refractivity contribution in [3.05, 3.63) is 48.3 Å². The molecule has 7 heteroatoms. The van der Waals surface area contributed by atoms with Crippen LogP contribution in [0.1, 0.15) is 25.3 Å². The van der Waals surface area contributed by atoms with E-state index in [1.54, 1.807) is 12.1 Å². The van der Waals surface area contributed by atoms with Gasteiger partial charge in [-0.25, -0.2) is 4.39 Å². The molecule has 0 aliphatic carbocycles. The molecule has 0 heterocycles. The molecule has 0 radical (unpaired) electrons. The Balaban J connectivity index is 2.87. The molecule has 1 rings (SSSR count). The molecule has 0 aromatic heterocycles. The van der Waals surface area contributed by atoms with E-state index in [1.165, 1.54) is 25.1 Å². The zero-order valence-corrected chi connectivity index (χ0v) is 13.5. The summed E-state index contributed by atoms with van der Waals surface area (Å²) in [6.07, 6.45) is 2.36. The van der Waals surface area contributed by atoms with Gasteiger partial charge >= 0.3 is 0 Å². The van der Waals surface area contributed by atoms with Crippen molar-refractivity contribution in [2.24, 2.45) is 5.73 Å². The van der Waals surface area contributed by atoms with Gasteiger partial charge < -0.3 is 16.4 Å². The standard InChI is InChI=1S/C17H22FN3O3/c1-3-4-9-14(16(19)23)21-17(24)15(20-11(2)22)10-12-7-5-6-8-13(12)18/h3,5-8,14-15H,1,4,9-10H2,2H3,(H2,19,23)(H,20,22)(H,21,24)/t14-,15+/m1/s1. The zero-order chi connectivity index (χ0) is 18.1. The Labute approximate surface area is 140 Å². The molecule has 4 N–H and O–H groups in total. The molecule has 0 fully saturated rings. The first kappa shape index (κ1) is 19.3. The van der Waals surface area contributed by atoms with Gasteiger partial charge in [-0.2, -0.15) is 0 Å². The number of carbonyl (C=O) groups is 3. The van der Waals surface area contributed by atoms with Crippen LogP contribution in [0.3, 0.4) is 0 Å². The van der Waals surface area contributed by atoms with Crippen LogP contribution in [0.25, 0.3) is 0 Å². The van der Waals surface area contributed by atoms with Gasteiger partial charge in [0.15, 0.2) is 0 Å². The predicted octanol–water partition coefficient (Wildman–Crippen LogP) is 0.809. The van der Waals surface area contributed by atoms with Crippen molar-refractivity contribution in [2.45, 2.75) is 38.3 Å². The van der Waals surface area contributed by atoms with Crippen molar-refractivity contribution in [3.63, 3.8) is 0 Å². The third kappa shape index (κ3) is 6.20. The number of primary amides is 1. The van der Waals surface area contributed by atoms with E-state index in [0.717, 1.165) is 0 Å². The number of hydrogen-bond donors (Lipinski definition) is 3. The molecule has 0 bridgehead atoms. The van der Waals surface area contributed by atoms with Crippen molar-refractivity contribution >= 4 is 17.7 Å². The van der Waals surface area contributed by atoms with Crippen LogP contribution in [0.2, 0.25) is 0 Å². The van der Waals surface area contributed by atoms with Gasteiger partial charge in [0.05, 0.1) is 0 Å². The highest BCUT2D eigenvalue weighted by Crippen LogP contribution is 2.10. The van der Waals surface area contributed by atoms with Crippen molar-refractivity contribution in [3.8, 4) is 0 Å². The van der Waals surface area contributed by atoms with Crippen LogP contribution >= 0.6 is 0 Å². The molecule has 1 aromatic carbocycles. The van der Waals surface area contributed by atoms with Crippen molar-refractivity contribution in [2.75, 3.05) is 0 Å². The average molecular weight is 335 g/mol. The molecule has 0 unspecified atom stereocenters. The highest BCUT2D eigenvalue weighted by molar-refractivity contribution is 5.91. The van der Waals surface area contributed by atoms with Crippen molar-refractivity contribution < 1.29 is 18.8 Å². The molecule has 24 heavy (non-hydrogen) atoms. The first-order valence-electron chi connectivity index (χ1n) is 7.56. The minimum atomic E-state index is -1.01. The third-order valence-electron chi connectivity index (χ3n) is 3.40. The lowest BCUT2D eigenvalue weighted by atomic mass is 10.0. The summed E-state index contributed by atoms with van der Waals surface area (Å²) in [4.78, 5) is 35.2. The van der Waals surface area contributed by atoms with E-state index in [0.29, 0.717) is 12.8 Å². The molecule has 1 aromatic rings. The summed E-state index contributed by atoms with van der Waals surface area (Å²) in [6, 6.07) is 4.08. The number of nitrogens with two attached hydrogens (primary N) is 1. The summed E-state index contributed by atoms with van der Waals surface area (Å²) >= 11 is 0. The number of benzene rings is 1. The van der Waals surface area contributed by atoms with Crippen LogP contribution in [-0.4, -0.2) is 29.8 Å². The molecular weight excluding hydrogens is 313 g/mol. The van der Waals surface area contributed by atoms with Crippen molar-refractivity contribution in [1.82, 2.24) is 10.6 Å². The lowest BCUT2D eigenvalue weighted by Crippen LogP contribution is -2.53. The normalized spacial score (nSPS) is 12.8. The molecule has 0 spiro atoms. The number of carbonyl (C=O) groups excluding carboxylic acids is 3. The Morgan fingerprint density at radius 1 is 1.25 bits per heavy atom. The predicted molar refractivity (Wildman–Crippen MR) is 88.3 cm³/mol. The van der Waals surface area contributed by atoms with E-state index < -0.39 is 35.6 Å². The fourth-order valence-electron chi connectivity index (χ4n) is 2.18. The Kier molecular flexibility index (Phi) is 7.61. The molecule has 2 atom stereocenters. The first-order chi connectivity index (χ1) is 11.3. The second-order valence-corrected chi connectivity index (χ2v) is 5.38. The molecule has 3 amide bonds.